The van der Waals surface area contributed by atoms with Gasteiger partial charge in [0.2, 0.25) is 3.57 Å². The first-order chi connectivity index (χ1) is 13.8. The minimum absolute atomic E-state index is 0.311. The SMILES string of the molecule is CCCCOc1ccc([I+]c2ccc(OCCCC)cc2OCCCC)cc1. The molecule has 154 valence electrons. The molecular formula is C24H34IO3+. The molecule has 0 heterocycles. The van der Waals surface area contributed by atoms with Gasteiger partial charge in [0.25, 0.3) is 0 Å². The van der Waals surface area contributed by atoms with E-state index in [1.54, 1.807) is 0 Å². The van der Waals surface area contributed by atoms with Crippen LogP contribution in [0.3, 0.4) is 0 Å². The van der Waals surface area contributed by atoms with E-state index in [1.807, 2.05) is 0 Å². The molecule has 0 bridgehead atoms. The van der Waals surface area contributed by atoms with Crippen molar-refractivity contribution in [3.05, 3.63) is 49.6 Å². The minimum Gasteiger partial charge on any atom is -0.494 e. The molecule has 3 nitrogen and oxygen atoms in total. The van der Waals surface area contributed by atoms with E-state index in [9.17, 15) is 0 Å². The van der Waals surface area contributed by atoms with Crippen LogP contribution in [0.4, 0.5) is 0 Å². The third kappa shape index (κ3) is 8.29. The van der Waals surface area contributed by atoms with Crippen LogP contribution in [-0.4, -0.2) is 19.8 Å². The zero-order valence-corrected chi connectivity index (χ0v) is 19.7. The van der Waals surface area contributed by atoms with Crippen LogP contribution in [0, 0.1) is 7.14 Å². The van der Waals surface area contributed by atoms with Crippen molar-refractivity contribution in [3.63, 3.8) is 0 Å². The largest absolute Gasteiger partial charge is 0.494 e. The summed E-state index contributed by atoms with van der Waals surface area (Å²) < 4.78 is 20.4. The third-order valence-corrected chi connectivity index (χ3v) is 7.03. The van der Waals surface area contributed by atoms with Crippen molar-refractivity contribution < 1.29 is 35.4 Å². The van der Waals surface area contributed by atoms with E-state index < -0.39 is 0 Å². The lowest BCUT2D eigenvalue weighted by Gasteiger charge is -2.09. The summed E-state index contributed by atoms with van der Waals surface area (Å²) in [6.07, 6.45) is 6.68. The zero-order chi connectivity index (χ0) is 20.0. The molecule has 0 atom stereocenters. The van der Waals surface area contributed by atoms with E-state index >= 15 is 0 Å². The zero-order valence-electron chi connectivity index (χ0n) is 17.5. The maximum Gasteiger partial charge on any atom is 0.362 e. The van der Waals surface area contributed by atoms with Crippen LogP contribution in [-0.2, 0) is 0 Å². The van der Waals surface area contributed by atoms with Gasteiger partial charge in [-0.15, -0.1) is 0 Å². The lowest BCUT2D eigenvalue weighted by Crippen LogP contribution is -3.61. The maximum atomic E-state index is 6.11. The van der Waals surface area contributed by atoms with E-state index in [-0.39, 0.29) is 21.2 Å². The third-order valence-electron chi connectivity index (χ3n) is 4.22. The van der Waals surface area contributed by atoms with Gasteiger partial charge >= 0.3 is 21.2 Å². The summed E-state index contributed by atoms with van der Waals surface area (Å²) in [7, 11) is 0. The van der Waals surface area contributed by atoms with Gasteiger partial charge in [0, 0.05) is 6.07 Å². The second-order valence-electron chi connectivity index (χ2n) is 6.75. The summed E-state index contributed by atoms with van der Waals surface area (Å²) in [4.78, 5) is 0. The van der Waals surface area contributed by atoms with Crippen molar-refractivity contribution in [1.82, 2.24) is 0 Å². The molecule has 0 spiro atoms. The molecule has 2 aromatic carbocycles. The predicted molar refractivity (Wildman–Crippen MR) is 111 cm³/mol. The molecule has 0 unspecified atom stereocenters. The Hall–Kier alpha value is -1.43. The number of hydrogen-bond acceptors (Lipinski definition) is 3. The van der Waals surface area contributed by atoms with Crippen LogP contribution < -0.4 is 35.4 Å². The molecule has 4 heteroatoms. The van der Waals surface area contributed by atoms with E-state index in [1.165, 1.54) is 7.14 Å². The molecule has 0 saturated carbocycles. The molecule has 0 aliphatic heterocycles. The van der Waals surface area contributed by atoms with Gasteiger partial charge in [-0.1, -0.05) is 40.0 Å². The molecular weight excluding hydrogens is 463 g/mol. The van der Waals surface area contributed by atoms with Gasteiger partial charge in [-0.2, -0.15) is 0 Å². The molecule has 0 aromatic heterocycles. The van der Waals surface area contributed by atoms with E-state index in [4.69, 9.17) is 14.2 Å². The fourth-order valence-corrected chi connectivity index (χ4v) is 4.80. The van der Waals surface area contributed by atoms with Crippen LogP contribution in [0.15, 0.2) is 42.5 Å². The van der Waals surface area contributed by atoms with Crippen LogP contribution in [0.2, 0.25) is 0 Å². The summed E-state index contributed by atoms with van der Waals surface area (Å²) in [5, 5.41) is 0. The van der Waals surface area contributed by atoms with Gasteiger partial charge in [0.1, 0.15) is 11.5 Å². The van der Waals surface area contributed by atoms with Gasteiger partial charge in [-0.3, -0.25) is 0 Å². The number of hydrogen-bond donors (Lipinski definition) is 0. The van der Waals surface area contributed by atoms with Gasteiger partial charge < -0.3 is 14.2 Å². The Labute approximate surface area is 181 Å². The maximum absolute atomic E-state index is 6.11. The molecule has 0 aliphatic carbocycles. The summed E-state index contributed by atoms with van der Waals surface area (Å²) in [5.41, 5.74) is 0. The van der Waals surface area contributed by atoms with Gasteiger partial charge in [0.15, 0.2) is 9.32 Å². The molecule has 0 amide bonds. The molecule has 0 fully saturated rings. The first kappa shape index (κ1) is 22.9. The standard InChI is InChI=1S/C24H34IO3/c1-4-7-16-26-21-12-10-20(11-13-21)25-23-15-14-22(27-17-8-5-2)19-24(23)28-18-9-6-3/h10-15,19H,4-9,16-18H2,1-3H3/q+1. The second-order valence-corrected chi connectivity index (χ2v) is 9.69. The highest BCUT2D eigenvalue weighted by molar-refractivity contribution is 5.32. The number of benzene rings is 2. The first-order valence-corrected chi connectivity index (χ1v) is 12.7. The Morgan fingerprint density at radius 1 is 0.643 bits per heavy atom. The topological polar surface area (TPSA) is 27.7 Å². The predicted octanol–water partition coefficient (Wildman–Crippen LogP) is 3.35. The normalized spacial score (nSPS) is 10.7. The van der Waals surface area contributed by atoms with Crippen molar-refractivity contribution in [3.8, 4) is 17.2 Å². The Kier molecular flexibility index (Phi) is 11.2. The molecule has 0 radical (unpaired) electrons. The van der Waals surface area contributed by atoms with E-state index in [0.29, 0.717) is 0 Å². The number of rotatable bonds is 14. The number of unbranched alkanes of at least 4 members (excludes halogenated alkanes) is 3. The first-order valence-electron chi connectivity index (χ1n) is 10.5. The van der Waals surface area contributed by atoms with Gasteiger partial charge in [0.05, 0.1) is 19.8 Å². The highest BCUT2D eigenvalue weighted by atomic mass is 127. The van der Waals surface area contributed by atoms with Gasteiger partial charge in [-0.05, 0) is 55.7 Å². The summed E-state index contributed by atoms with van der Waals surface area (Å²) in [5.74, 6) is 2.85. The highest BCUT2D eigenvalue weighted by Gasteiger charge is 2.22. The molecule has 0 N–H and O–H groups in total. The minimum atomic E-state index is -0.311. The Morgan fingerprint density at radius 3 is 1.79 bits per heavy atom. The monoisotopic (exact) mass is 497 g/mol. The molecule has 0 saturated heterocycles. The van der Waals surface area contributed by atoms with Crippen LogP contribution in [0.1, 0.15) is 59.3 Å². The Morgan fingerprint density at radius 2 is 1.18 bits per heavy atom. The average Bonchev–Trinajstić information content (AvgIpc) is 2.71. The van der Waals surface area contributed by atoms with Crippen molar-refractivity contribution in [2.24, 2.45) is 0 Å². The van der Waals surface area contributed by atoms with Crippen LogP contribution >= 0.6 is 0 Å². The van der Waals surface area contributed by atoms with Crippen LogP contribution in [0.25, 0.3) is 0 Å². The molecule has 28 heavy (non-hydrogen) atoms. The van der Waals surface area contributed by atoms with E-state index in [2.05, 4.69) is 63.2 Å². The van der Waals surface area contributed by atoms with Crippen LogP contribution in [0.5, 0.6) is 17.2 Å². The lowest BCUT2D eigenvalue weighted by atomic mass is 10.3. The highest BCUT2D eigenvalue weighted by Crippen LogP contribution is 2.20. The fraction of sp³-hybridized carbons (Fsp3) is 0.500. The average molecular weight is 497 g/mol. The fourth-order valence-electron chi connectivity index (χ4n) is 2.47. The number of ether oxygens (including phenoxy) is 3. The summed E-state index contributed by atoms with van der Waals surface area (Å²) in [6, 6.07) is 14.9. The smallest absolute Gasteiger partial charge is 0.362 e. The molecule has 0 aliphatic rings. The molecule has 2 aromatic rings. The Balaban J connectivity index is 2.04. The van der Waals surface area contributed by atoms with Gasteiger partial charge in [-0.25, -0.2) is 0 Å². The van der Waals surface area contributed by atoms with Crippen molar-refractivity contribution in [1.29, 1.82) is 0 Å². The summed E-state index contributed by atoms with van der Waals surface area (Å²) >= 11 is -0.311. The van der Waals surface area contributed by atoms with Crippen molar-refractivity contribution in [2.75, 3.05) is 19.8 Å². The van der Waals surface area contributed by atoms with E-state index in [0.717, 1.165) is 75.6 Å². The Bertz CT molecular complexity index is 670. The lowest BCUT2D eigenvalue weighted by molar-refractivity contribution is -0.598. The summed E-state index contributed by atoms with van der Waals surface area (Å²) in [6.45, 7) is 8.85. The molecule has 2 rings (SSSR count). The van der Waals surface area contributed by atoms with Crippen molar-refractivity contribution in [2.45, 2.75) is 59.3 Å². The quantitative estimate of drug-likeness (QED) is 0.296. The number of halogens is 1. The second kappa shape index (κ2) is 13.7. The van der Waals surface area contributed by atoms with Crippen molar-refractivity contribution >= 4 is 0 Å².